The number of carbonyl (C=O) groups is 1. The molecule has 6 heteroatoms. The number of para-hydroxylation sites is 1. The Morgan fingerprint density at radius 3 is 2.60 bits per heavy atom. The van der Waals surface area contributed by atoms with Gasteiger partial charge < -0.3 is 9.47 Å². The average Bonchev–Trinajstić information content (AvgIpc) is 2.61. The summed E-state index contributed by atoms with van der Waals surface area (Å²) < 4.78 is 24.2. The van der Waals surface area contributed by atoms with E-state index in [1.54, 1.807) is 26.2 Å². The summed E-state index contributed by atoms with van der Waals surface area (Å²) >= 11 is 0. The predicted molar refractivity (Wildman–Crippen MR) is 94.6 cm³/mol. The van der Waals surface area contributed by atoms with Crippen LogP contribution >= 0.6 is 0 Å². The molecule has 132 valence electrons. The van der Waals surface area contributed by atoms with Gasteiger partial charge in [-0.25, -0.2) is 9.82 Å². The highest BCUT2D eigenvalue weighted by Crippen LogP contribution is 2.20. The number of rotatable bonds is 6. The fraction of sp³-hybridized carbons (Fsp3) is 0.263. The van der Waals surface area contributed by atoms with Crippen molar-refractivity contribution in [2.75, 3.05) is 7.11 Å². The second kappa shape index (κ2) is 8.28. The maximum Gasteiger partial charge on any atom is 0.280 e. The lowest BCUT2D eigenvalue weighted by Gasteiger charge is -2.14. The van der Waals surface area contributed by atoms with E-state index in [0.717, 1.165) is 11.1 Å². The molecule has 0 saturated carbocycles. The highest BCUT2D eigenvalue weighted by Gasteiger charge is 2.16. The number of nitrogens with zero attached hydrogens (tertiary/aromatic N) is 1. The summed E-state index contributed by atoms with van der Waals surface area (Å²) in [4.78, 5) is 12.1. The van der Waals surface area contributed by atoms with Crippen LogP contribution in [0.2, 0.25) is 0 Å². The Hall–Kier alpha value is -2.89. The van der Waals surface area contributed by atoms with Crippen molar-refractivity contribution in [1.82, 2.24) is 5.43 Å². The van der Waals surface area contributed by atoms with Crippen LogP contribution in [0.3, 0.4) is 0 Å². The molecule has 0 unspecified atom stereocenters. The van der Waals surface area contributed by atoms with Crippen LogP contribution in [-0.4, -0.2) is 24.8 Å². The average molecular weight is 344 g/mol. The molecule has 1 amide bonds. The van der Waals surface area contributed by atoms with E-state index in [9.17, 15) is 9.18 Å². The van der Waals surface area contributed by atoms with Gasteiger partial charge in [0.1, 0.15) is 5.75 Å². The van der Waals surface area contributed by atoms with Crippen LogP contribution in [0, 0.1) is 12.7 Å². The van der Waals surface area contributed by atoms with Gasteiger partial charge in [-0.2, -0.15) is 5.10 Å². The molecule has 2 aromatic rings. The van der Waals surface area contributed by atoms with Gasteiger partial charge in [0, 0.05) is 5.56 Å². The summed E-state index contributed by atoms with van der Waals surface area (Å²) in [5.74, 6) is -0.316. The number of hydrazone groups is 1. The van der Waals surface area contributed by atoms with Crippen molar-refractivity contribution < 1.29 is 18.7 Å². The molecule has 1 N–H and O–H groups in total. The van der Waals surface area contributed by atoms with E-state index in [1.807, 2.05) is 25.1 Å². The minimum absolute atomic E-state index is 0.0196. The summed E-state index contributed by atoms with van der Waals surface area (Å²) in [6.07, 6.45) is -0.896. The van der Waals surface area contributed by atoms with E-state index < -0.39 is 17.8 Å². The molecule has 1 atom stereocenters. The molecule has 25 heavy (non-hydrogen) atoms. The third-order valence-electron chi connectivity index (χ3n) is 3.59. The molecular weight excluding hydrogens is 323 g/mol. The molecule has 0 radical (unpaired) electrons. The molecule has 0 aromatic heterocycles. The summed E-state index contributed by atoms with van der Waals surface area (Å²) in [6.45, 7) is 5.25. The summed E-state index contributed by atoms with van der Waals surface area (Å²) in [5, 5.41) is 4.09. The van der Waals surface area contributed by atoms with Crippen LogP contribution in [0.25, 0.3) is 0 Å². The van der Waals surface area contributed by atoms with Crippen LogP contribution in [0.15, 0.2) is 47.6 Å². The molecule has 2 rings (SSSR count). The zero-order valence-electron chi connectivity index (χ0n) is 14.7. The molecule has 0 fully saturated rings. The van der Waals surface area contributed by atoms with Crippen molar-refractivity contribution >= 4 is 11.6 Å². The molecule has 0 aliphatic carbocycles. The predicted octanol–water partition coefficient (Wildman–Crippen LogP) is 3.45. The van der Waals surface area contributed by atoms with Crippen LogP contribution in [0.1, 0.15) is 25.0 Å². The van der Waals surface area contributed by atoms with Gasteiger partial charge in [-0.15, -0.1) is 0 Å². The third-order valence-corrected chi connectivity index (χ3v) is 3.59. The van der Waals surface area contributed by atoms with Crippen LogP contribution in [0.4, 0.5) is 4.39 Å². The van der Waals surface area contributed by atoms with Crippen molar-refractivity contribution in [1.29, 1.82) is 0 Å². The molecule has 0 aliphatic heterocycles. The van der Waals surface area contributed by atoms with E-state index in [2.05, 4.69) is 10.5 Å². The normalized spacial score (nSPS) is 12.4. The number of aryl methyl sites for hydroxylation is 1. The fourth-order valence-corrected chi connectivity index (χ4v) is 2.18. The first-order chi connectivity index (χ1) is 11.9. The first-order valence-electron chi connectivity index (χ1n) is 7.82. The van der Waals surface area contributed by atoms with Crippen molar-refractivity contribution in [2.45, 2.75) is 26.9 Å². The molecule has 5 nitrogen and oxygen atoms in total. The quantitative estimate of drug-likeness (QED) is 0.645. The number of benzene rings is 2. The highest BCUT2D eigenvalue weighted by atomic mass is 19.1. The Kier molecular flexibility index (Phi) is 6.11. The number of ether oxygens (including phenoxy) is 2. The standard InChI is InChI=1S/C19H21FN2O3/c1-12-9-10-17(24-4)15(11-12)13(2)21-22-19(23)14(3)25-18-8-6-5-7-16(18)20/h5-11,14H,1-4H3,(H,22,23)/b21-13-/t14-/m0/s1. The number of amides is 1. The summed E-state index contributed by atoms with van der Waals surface area (Å²) in [6, 6.07) is 11.6. The summed E-state index contributed by atoms with van der Waals surface area (Å²) in [5.41, 5.74) is 4.86. The molecule has 0 heterocycles. The van der Waals surface area contributed by atoms with Crippen LogP contribution in [-0.2, 0) is 4.79 Å². The smallest absolute Gasteiger partial charge is 0.280 e. The van der Waals surface area contributed by atoms with E-state index in [0.29, 0.717) is 11.5 Å². The van der Waals surface area contributed by atoms with Gasteiger partial charge in [0.05, 0.1) is 12.8 Å². The SMILES string of the molecule is COc1ccc(C)cc1/C(C)=N\NC(=O)[C@H](C)Oc1ccccc1F. The van der Waals surface area contributed by atoms with Crippen molar-refractivity contribution in [3.8, 4) is 11.5 Å². The first-order valence-corrected chi connectivity index (χ1v) is 7.82. The molecule has 2 aromatic carbocycles. The number of hydrogen-bond donors (Lipinski definition) is 1. The number of hydrogen-bond acceptors (Lipinski definition) is 4. The molecule has 0 aliphatic rings. The first kappa shape index (κ1) is 18.4. The van der Waals surface area contributed by atoms with Crippen molar-refractivity contribution in [3.63, 3.8) is 0 Å². The molecule has 0 bridgehead atoms. The van der Waals surface area contributed by atoms with Gasteiger partial charge in [0.25, 0.3) is 5.91 Å². The zero-order chi connectivity index (χ0) is 18.4. The van der Waals surface area contributed by atoms with Gasteiger partial charge in [-0.3, -0.25) is 4.79 Å². The van der Waals surface area contributed by atoms with Gasteiger partial charge in [-0.05, 0) is 45.0 Å². The number of halogens is 1. The third kappa shape index (κ3) is 4.79. The maximum absolute atomic E-state index is 13.6. The zero-order valence-corrected chi connectivity index (χ0v) is 14.7. The van der Waals surface area contributed by atoms with E-state index in [1.165, 1.54) is 19.1 Å². The van der Waals surface area contributed by atoms with E-state index >= 15 is 0 Å². The Balaban J connectivity index is 2.06. The van der Waals surface area contributed by atoms with Crippen molar-refractivity contribution in [3.05, 3.63) is 59.4 Å². The molecular formula is C19H21FN2O3. The minimum Gasteiger partial charge on any atom is -0.496 e. The van der Waals surface area contributed by atoms with Gasteiger partial charge in [0.2, 0.25) is 0 Å². The van der Waals surface area contributed by atoms with Crippen LogP contribution < -0.4 is 14.9 Å². The number of methoxy groups -OCH3 is 1. The maximum atomic E-state index is 13.6. The lowest BCUT2D eigenvalue weighted by Crippen LogP contribution is -2.34. The van der Waals surface area contributed by atoms with Crippen LogP contribution in [0.5, 0.6) is 11.5 Å². The highest BCUT2D eigenvalue weighted by molar-refractivity contribution is 6.01. The minimum atomic E-state index is -0.896. The Bertz CT molecular complexity index is 790. The van der Waals surface area contributed by atoms with Gasteiger partial charge in [-0.1, -0.05) is 23.8 Å². The number of carbonyl (C=O) groups excluding carboxylic acids is 1. The van der Waals surface area contributed by atoms with Gasteiger partial charge in [0.15, 0.2) is 17.7 Å². The Morgan fingerprint density at radius 1 is 1.20 bits per heavy atom. The fourth-order valence-electron chi connectivity index (χ4n) is 2.18. The van der Waals surface area contributed by atoms with Gasteiger partial charge >= 0.3 is 0 Å². The van der Waals surface area contributed by atoms with E-state index in [4.69, 9.17) is 9.47 Å². The lowest BCUT2D eigenvalue weighted by atomic mass is 10.1. The molecule has 0 saturated heterocycles. The second-order valence-corrected chi connectivity index (χ2v) is 5.57. The largest absolute Gasteiger partial charge is 0.496 e. The Labute approximate surface area is 146 Å². The Morgan fingerprint density at radius 2 is 1.92 bits per heavy atom. The van der Waals surface area contributed by atoms with Crippen molar-refractivity contribution in [2.24, 2.45) is 5.10 Å². The van der Waals surface area contributed by atoms with E-state index in [-0.39, 0.29) is 5.75 Å². The second-order valence-electron chi connectivity index (χ2n) is 5.57. The lowest BCUT2D eigenvalue weighted by molar-refractivity contribution is -0.127. The molecule has 0 spiro atoms. The topological polar surface area (TPSA) is 59.9 Å². The number of nitrogens with one attached hydrogen (secondary N) is 1. The summed E-state index contributed by atoms with van der Waals surface area (Å²) in [7, 11) is 1.57. The monoisotopic (exact) mass is 344 g/mol.